The van der Waals surface area contributed by atoms with Gasteiger partial charge < -0.3 is 9.84 Å². The summed E-state index contributed by atoms with van der Waals surface area (Å²) >= 11 is 0. The Kier molecular flexibility index (Phi) is 3.41. The molecular weight excluding hydrogens is 255 g/mol. The van der Waals surface area contributed by atoms with E-state index in [0.29, 0.717) is 5.56 Å². The molecule has 0 aliphatic rings. The zero-order chi connectivity index (χ0) is 14.0. The van der Waals surface area contributed by atoms with Crippen LogP contribution in [0.25, 0.3) is 11.4 Å². The van der Waals surface area contributed by atoms with Crippen molar-refractivity contribution in [1.82, 2.24) is 20.2 Å². The van der Waals surface area contributed by atoms with Crippen LogP contribution in [-0.2, 0) is 4.79 Å². The van der Waals surface area contributed by atoms with Crippen molar-refractivity contribution in [3.63, 3.8) is 0 Å². The summed E-state index contributed by atoms with van der Waals surface area (Å²) in [4.78, 5) is 11.0. The Morgan fingerprint density at radius 1 is 1.53 bits per heavy atom. The zero-order valence-electron chi connectivity index (χ0n) is 10.2. The van der Waals surface area contributed by atoms with Crippen molar-refractivity contribution in [2.45, 2.75) is 13.0 Å². The first-order valence-electron chi connectivity index (χ1n) is 5.39. The van der Waals surface area contributed by atoms with E-state index in [-0.39, 0.29) is 11.6 Å². The molecule has 0 amide bonds. The largest absolute Gasteiger partial charge is 0.494 e. The lowest BCUT2D eigenvalue weighted by Crippen LogP contribution is -2.18. The molecule has 1 unspecified atom stereocenters. The second-order valence-electron chi connectivity index (χ2n) is 3.81. The summed E-state index contributed by atoms with van der Waals surface area (Å²) in [5.41, 5.74) is 0.469. The maximum atomic E-state index is 13.3. The molecular formula is C11H11FN4O3. The maximum absolute atomic E-state index is 13.3. The molecule has 0 spiro atoms. The molecule has 0 saturated carbocycles. The molecule has 0 aliphatic carbocycles. The van der Waals surface area contributed by atoms with Crippen LogP contribution in [0.2, 0.25) is 0 Å². The van der Waals surface area contributed by atoms with Gasteiger partial charge in [-0.15, -0.1) is 5.10 Å². The van der Waals surface area contributed by atoms with Gasteiger partial charge in [0.15, 0.2) is 23.4 Å². The first-order valence-corrected chi connectivity index (χ1v) is 5.39. The SMILES string of the molecule is COc1cc(-c2nnnn2C(C)C(=O)O)ccc1F. The molecule has 1 aromatic carbocycles. The highest BCUT2D eigenvalue weighted by molar-refractivity contribution is 5.72. The average Bonchev–Trinajstić information content (AvgIpc) is 2.87. The monoisotopic (exact) mass is 266 g/mol. The van der Waals surface area contributed by atoms with Gasteiger partial charge in [0.05, 0.1) is 7.11 Å². The number of benzene rings is 1. The van der Waals surface area contributed by atoms with Crippen molar-refractivity contribution in [3.8, 4) is 17.1 Å². The van der Waals surface area contributed by atoms with Gasteiger partial charge in [0.25, 0.3) is 0 Å². The van der Waals surface area contributed by atoms with Gasteiger partial charge in [0.1, 0.15) is 0 Å². The smallest absolute Gasteiger partial charge is 0.328 e. The van der Waals surface area contributed by atoms with E-state index >= 15 is 0 Å². The van der Waals surface area contributed by atoms with Crippen LogP contribution in [0.4, 0.5) is 4.39 Å². The highest BCUT2D eigenvalue weighted by Gasteiger charge is 2.20. The lowest BCUT2D eigenvalue weighted by Gasteiger charge is -2.09. The van der Waals surface area contributed by atoms with Gasteiger partial charge in [-0.05, 0) is 35.5 Å². The third-order valence-corrected chi connectivity index (χ3v) is 2.63. The first kappa shape index (κ1) is 12.9. The Balaban J connectivity index is 2.48. The Morgan fingerprint density at radius 2 is 2.26 bits per heavy atom. The van der Waals surface area contributed by atoms with Crippen molar-refractivity contribution in [3.05, 3.63) is 24.0 Å². The third-order valence-electron chi connectivity index (χ3n) is 2.63. The second-order valence-corrected chi connectivity index (χ2v) is 3.81. The molecule has 19 heavy (non-hydrogen) atoms. The summed E-state index contributed by atoms with van der Waals surface area (Å²) in [5, 5.41) is 19.8. The van der Waals surface area contributed by atoms with E-state index in [1.165, 1.54) is 32.2 Å². The van der Waals surface area contributed by atoms with Gasteiger partial charge in [0.2, 0.25) is 0 Å². The van der Waals surface area contributed by atoms with Crippen molar-refractivity contribution < 1.29 is 19.0 Å². The number of methoxy groups -OCH3 is 1. The van der Waals surface area contributed by atoms with E-state index in [2.05, 4.69) is 15.5 Å². The minimum absolute atomic E-state index is 0.0371. The molecule has 100 valence electrons. The van der Waals surface area contributed by atoms with Crippen molar-refractivity contribution in [2.75, 3.05) is 7.11 Å². The number of nitrogens with zero attached hydrogens (tertiary/aromatic N) is 4. The van der Waals surface area contributed by atoms with Gasteiger partial charge in [0, 0.05) is 5.56 Å². The van der Waals surface area contributed by atoms with E-state index in [1.807, 2.05) is 0 Å². The van der Waals surface area contributed by atoms with Gasteiger partial charge in [-0.1, -0.05) is 0 Å². The zero-order valence-corrected chi connectivity index (χ0v) is 10.2. The van der Waals surface area contributed by atoms with E-state index in [9.17, 15) is 9.18 Å². The third kappa shape index (κ3) is 2.37. The Morgan fingerprint density at radius 3 is 2.89 bits per heavy atom. The van der Waals surface area contributed by atoms with Gasteiger partial charge in [-0.3, -0.25) is 0 Å². The molecule has 2 rings (SSSR count). The normalized spacial score (nSPS) is 12.2. The van der Waals surface area contributed by atoms with E-state index in [1.54, 1.807) is 0 Å². The molecule has 0 fully saturated rings. The summed E-state index contributed by atoms with van der Waals surface area (Å²) in [5.74, 6) is -1.32. The number of tetrazole rings is 1. The number of carboxylic acids is 1. The molecule has 8 heteroatoms. The summed E-state index contributed by atoms with van der Waals surface area (Å²) in [6, 6.07) is 3.14. The van der Waals surface area contributed by atoms with E-state index in [0.717, 1.165) is 4.68 Å². The second kappa shape index (κ2) is 5.01. The van der Waals surface area contributed by atoms with Crippen LogP contribution >= 0.6 is 0 Å². The first-order chi connectivity index (χ1) is 9.04. The molecule has 0 aliphatic heterocycles. The topological polar surface area (TPSA) is 90.1 Å². The number of aromatic nitrogens is 4. The van der Waals surface area contributed by atoms with Crippen LogP contribution < -0.4 is 4.74 Å². The number of rotatable bonds is 4. The predicted octanol–water partition coefficient (Wildman–Crippen LogP) is 1.13. The van der Waals surface area contributed by atoms with Gasteiger partial charge in [-0.25, -0.2) is 13.9 Å². The van der Waals surface area contributed by atoms with E-state index < -0.39 is 17.8 Å². The van der Waals surface area contributed by atoms with Gasteiger partial charge in [-0.2, -0.15) is 0 Å². The summed E-state index contributed by atoms with van der Waals surface area (Å²) in [6.45, 7) is 1.45. The van der Waals surface area contributed by atoms with Crippen LogP contribution in [0.15, 0.2) is 18.2 Å². The van der Waals surface area contributed by atoms with Crippen LogP contribution in [0.5, 0.6) is 5.75 Å². The number of ether oxygens (including phenoxy) is 1. The molecule has 0 saturated heterocycles. The highest BCUT2D eigenvalue weighted by Crippen LogP contribution is 2.25. The van der Waals surface area contributed by atoms with Crippen molar-refractivity contribution in [1.29, 1.82) is 0 Å². The Labute approximate surface area is 107 Å². The van der Waals surface area contributed by atoms with E-state index in [4.69, 9.17) is 9.84 Å². The fourth-order valence-corrected chi connectivity index (χ4v) is 1.55. The highest BCUT2D eigenvalue weighted by atomic mass is 19.1. The van der Waals surface area contributed by atoms with Gasteiger partial charge >= 0.3 is 5.97 Å². The molecule has 1 N–H and O–H groups in total. The average molecular weight is 266 g/mol. The molecule has 1 atom stereocenters. The van der Waals surface area contributed by atoms with Crippen molar-refractivity contribution in [2.24, 2.45) is 0 Å². The fourth-order valence-electron chi connectivity index (χ4n) is 1.55. The number of aliphatic carboxylic acids is 1. The number of hydrogen-bond acceptors (Lipinski definition) is 5. The predicted molar refractivity (Wildman–Crippen MR) is 62.1 cm³/mol. The molecule has 1 aromatic heterocycles. The minimum Gasteiger partial charge on any atom is -0.494 e. The number of carboxylic acid groups (broad SMARTS) is 1. The fraction of sp³-hybridized carbons (Fsp3) is 0.273. The van der Waals surface area contributed by atoms with Crippen LogP contribution in [0, 0.1) is 5.82 Å². The summed E-state index contributed by atoms with van der Waals surface area (Å²) < 4.78 is 19.3. The standard InChI is InChI=1S/C11H11FN4O3/c1-6(11(17)18)16-10(13-14-15-16)7-3-4-8(12)9(5-7)19-2/h3-6H,1-2H3,(H,17,18). The number of halogens is 1. The maximum Gasteiger partial charge on any atom is 0.328 e. The van der Waals surface area contributed by atoms with Crippen LogP contribution in [0.1, 0.15) is 13.0 Å². The van der Waals surface area contributed by atoms with Crippen LogP contribution in [-0.4, -0.2) is 38.4 Å². The lowest BCUT2D eigenvalue weighted by atomic mass is 10.2. The lowest BCUT2D eigenvalue weighted by molar-refractivity contribution is -0.140. The molecule has 1 heterocycles. The Hall–Kier alpha value is -2.51. The number of hydrogen-bond donors (Lipinski definition) is 1. The summed E-state index contributed by atoms with van der Waals surface area (Å²) in [7, 11) is 1.34. The van der Waals surface area contributed by atoms with Crippen LogP contribution in [0.3, 0.4) is 0 Å². The molecule has 0 bridgehead atoms. The Bertz CT molecular complexity index is 614. The quantitative estimate of drug-likeness (QED) is 0.892. The number of carbonyl (C=O) groups is 1. The molecule has 0 radical (unpaired) electrons. The minimum atomic E-state index is -1.07. The molecule has 7 nitrogen and oxygen atoms in total. The summed E-state index contributed by atoms with van der Waals surface area (Å²) in [6.07, 6.45) is 0. The molecule has 2 aromatic rings. The van der Waals surface area contributed by atoms with Crippen molar-refractivity contribution >= 4 is 5.97 Å².